The predicted molar refractivity (Wildman–Crippen MR) is 112 cm³/mol. The molecule has 10 heteroatoms. The largest absolute Gasteiger partial charge is 0.414 e. The highest BCUT2D eigenvalue weighted by atomic mass is 35.5. The second kappa shape index (κ2) is 7.94. The van der Waals surface area contributed by atoms with Gasteiger partial charge in [-0.3, -0.25) is 9.36 Å². The van der Waals surface area contributed by atoms with E-state index in [0.717, 1.165) is 18.9 Å². The van der Waals surface area contributed by atoms with Crippen molar-refractivity contribution < 1.29 is 17.9 Å². The van der Waals surface area contributed by atoms with Crippen LogP contribution in [0.1, 0.15) is 31.6 Å². The van der Waals surface area contributed by atoms with Gasteiger partial charge >= 0.3 is 6.18 Å². The molecule has 0 radical (unpaired) electrons. The average Bonchev–Trinajstić information content (AvgIpc) is 2.97. The Labute approximate surface area is 183 Å². The van der Waals surface area contributed by atoms with Crippen molar-refractivity contribution in [1.29, 1.82) is 0 Å². The number of hydrogen-bond donors (Lipinski definition) is 1. The van der Waals surface area contributed by atoms with Gasteiger partial charge in [-0.1, -0.05) is 18.2 Å². The zero-order valence-electron chi connectivity index (χ0n) is 17.4. The van der Waals surface area contributed by atoms with Crippen molar-refractivity contribution in [3.63, 3.8) is 0 Å². The third-order valence-electron chi connectivity index (χ3n) is 6.85. The maximum absolute atomic E-state index is 13.3. The Hall–Kier alpha value is -1.84. The first-order valence-electron chi connectivity index (χ1n) is 10.4. The fourth-order valence-corrected chi connectivity index (χ4v) is 5.28. The van der Waals surface area contributed by atoms with Gasteiger partial charge in [0.2, 0.25) is 0 Å². The quantitative estimate of drug-likeness (QED) is 0.689. The molecule has 3 aliphatic rings. The smallest absolute Gasteiger partial charge is 0.376 e. The van der Waals surface area contributed by atoms with E-state index in [0.29, 0.717) is 31.3 Å². The molecule has 0 amide bonds. The topological polar surface area (TPSA) is 73.4 Å². The third kappa shape index (κ3) is 3.91. The number of aryl methyl sites for hydroxylation is 1. The van der Waals surface area contributed by atoms with Crippen molar-refractivity contribution in [3.05, 3.63) is 46.0 Å². The molecular weight excluding hydrogens is 433 g/mol. The summed E-state index contributed by atoms with van der Waals surface area (Å²) >= 11 is 6.13. The standard InChI is InChI=1S/C21H26ClF3N4O2/c1-12-19(26)20(11-31-12)6-8-28(9-7-20)16-10-17(30)29(13(2)27-16)15-5-3-4-14(18(15)22)21(23,24)25/h3-5,10,12,15,18-19H,6-9,11,26H2,1-2H3/t12-,15?,18?,19+/m0/s1. The molecule has 3 heterocycles. The summed E-state index contributed by atoms with van der Waals surface area (Å²) in [6, 6.07) is 0.394. The lowest BCUT2D eigenvalue weighted by Crippen LogP contribution is -2.51. The molecule has 0 bridgehead atoms. The fourth-order valence-electron chi connectivity index (χ4n) is 4.88. The number of alkyl halides is 4. The van der Waals surface area contributed by atoms with Crippen LogP contribution in [-0.4, -0.2) is 52.9 Å². The van der Waals surface area contributed by atoms with Gasteiger partial charge in [-0.15, -0.1) is 11.6 Å². The molecule has 170 valence electrons. The zero-order chi connectivity index (χ0) is 22.6. The van der Waals surface area contributed by atoms with Crippen LogP contribution in [0.25, 0.3) is 0 Å². The molecular formula is C21H26ClF3N4O2. The van der Waals surface area contributed by atoms with Crippen LogP contribution in [0, 0.1) is 12.3 Å². The van der Waals surface area contributed by atoms with Gasteiger partial charge in [0.15, 0.2) is 0 Å². The summed E-state index contributed by atoms with van der Waals surface area (Å²) in [5, 5.41) is -1.41. The Kier molecular flexibility index (Phi) is 5.72. The minimum Gasteiger partial charge on any atom is -0.376 e. The summed E-state index contributed by atoms with van der Waals surface area (Å²) in [7, 11) is 0. The van der Waals surface area contributed by atoms with Gasteiger partial charge in [0, 0.05) is 30.6 Å². The Morgan fingerprint density at radius 3 is 2.55 bits per heavy atom. The number of anilines is 1. The molecule has 4 atom stereocenters. The molecule has 0 aromatic carbocycles. The predicted octanol–water partition coefficient (Wildman–Crippen LogP) is 3.09. The average molecular weight is 459 g/mol. The summed E-state index contributed by atoms with van der Waals surface area (Å²) in [6.07, 6.45) is 0.845. The van der Waals surface area contributed by atoms with Gasteiger partial charge in [0.1, 0.15) is 11.6 Å². The monoisotopic (exact) mass is 458 g/mol. The van der Waals surface area contributed by atoms with E-state index in [4.69, 9.17) is 22.1 Å². The van der Waals surface area contributed by atoms with Crippen molar-refractivity contribution in [2.45, 2.75) is 56.4 Å². The summed E-state index contributed by atoms with van der Waals surface area (Å²) in [4.78, 5) is 19.5. The molecule has 2 N–H and O–H groups in total. The normalized spacial score (nSPS) is 30.7. The van der Waals surface area contributed by atoms with Gasteiger partial charge in [0.25, 0.3) is 5.56 Å². The Morgan fingerprint density at radius 1 is 1.32 bits per heavy atom. The van der Waals surface area contributed by atoms with E-state index >= 15 is 0 Å². The van der Waals surface area contributed by atoms with Gasteiger partial charge in [-0.05, 0) is 26.7 Å². The molecule has 2 aliphatic heterocycles. The van der Waals surface area contributed by atoms with Gasteiger partial charge in [-0.25, -0.2) is 4.98 Å². The minimum atomic E-state index is -4.56. The van der Waals surface area contributed by atoms with Crippen molar-refractivity contribution in [2.75, 3.05) is 24.6 Å². The van der Waals surface area contributed by atoms with Crippen molar-refractivity contribution in [1.82, 2.24) is 9.55 Å². The SMILES string of the molecule is Cc1nc(N2CCC3(CC2)CO[C@@H](C)[C@H]3N)cc(=O)n1C1C=CC=C(C(F)(F)F)C1Cl. The summed E-state index contributed by atoms with van der Waals surface area (Å²) in [5.74, 6) is 0.840. The Bertz CT molecular complexity index is 966. The summed E-state index contributed by atoms with van der Waals surface area (Å²) in [5.41, 5.74) is 5.00. The number of halogens is 4. The molecule has 1 spiro atoms. The number of allylic oxidation sites excluding steroid dienone is 4. The van der Waals surface area contributed by atoms with Crippen LogP contribution in [-0.2, 0) is 4.74 Å². The van der Waals surface area contributed by atoms with Gasteiger partial charge < -0.3 is 15.4 Å². The maximum Gasteiger partial charge on any atom is 0.414 e. The molecule has 6 nitrogen and oxygen atoms in total. The number of piperidine rings is 1. The first-order chi connectivity index (χ1) is 14.5. The van der Waals surface area contributed by atoms with E-state index in [1.807, 2.05) is 11.8 Å². The molecule has 2 fully saturated rings. The van der Waals surface area contributed by atoms with Crippen LogP contribution < -0.4 is 16.2 Å². The lowest BCUT2D eigenvalue weighted by Gasteiger charge is -2.41. The van der Waals surface area contributed by atoms with Crippen LogP contribution in [0.3, 0.4) is 0 Å². The van der Waals surface area contributed by atoms with E-state index in [-0.39, 0.29) is 17.6 Å². The van der Waals surface area contributed by atoms with Gasteiger partial charge in [0.05, 0.1) is 29.7 Å². The van der Waals surface area contributed by atoms with E-state index in [1.54, 1.807) is 6.92 Å². The molecule has 2 saturated heterocycles. The zero-order valence-corrected chi connectivity index (χ0v) is 18.2. The molecule has 1 aromatic heterocycles. The number of aromatic nitrogens is 2. The molecule has 31 heavy (non-hydrogen) atoms. The van der Waals surface area contributed by atoms with E-state index < -0.39 is 28.7 Å². The number of rotatable bonds is 2. The van der Waals surface area contributed by atoms with Crippen molar-refractivity contribution in [2.24, 2.45) is 11.1 Å². The van der Waals surface area contributed by atoms with E-state index in [2.05, 4.69) is 4.98 Å². The Morgan fingerprint density at radius 2 is 2.00 bits per heavy atom. The van der Waals surface area contributed by atoms with Crippen molar-refractivity contribution in [3.8, 4) is 0 Å². The van der Waals surface area contributed by atoms with Crippen LogP contribution in [0.4, 0.5) is 19.0 Å². The second-order valence-electron chi connectivity index (χ2n) is 8.66. The van der Waals surface area contributed by atoms with E-state index in [9.17, 15) is 18.0 Å². The molecule has 2 unspecified atom stereocenters. The molecule has 1 aromatic rings. The highest BCUT2D eigenvalue weighted by Gasteiger charge is 2.48. The first-order valence-corrected chi connectivity index (χ1v) is 10.8. The maximum atomic E-state index is 13.3. The van der Waals surface area contributed by atoms with Crippen LogP contribution in [0.5, 0.6) is 0 Å². The van der Waals surface area contributed by atoms with Crippen LogP contribution in [0.15, 0.2) is 34.7 Å². The molecule has 1 aliphatic carbocycles. The van der Waals surface area contributed by atoms with Crippen LogP contribution >= 0.6 is 11.6 Å². The fraction of sp³-hybridized carbons (Fsp3) is 0.619. The number of ether oxygens (including phenoxy) is 1. The van der Waals surface area contributed by atoms with Gasteiger partial charge in [-0.2, -0.15) is 13.2 Å². The number of nitrogens with zero attached hydrogens (tertiary/aromatic N) is 3. The van der Waals surface area contributed by atoms with Crippen molar-refractivity contribution >= 4 is 17.4 Å². The summed E-state index contributed by atoms with van der Waals surface area (Å²) in [6.45, 7) is 5.60. The second-order valence-corrected chi connectivity index (χ2v) is 9.13. The first kappa shape index (κ1) is 22.4. The number of nitrogens with two attached hydrogens (primary N) is 1. The summed E-state index contributed by atoms with van der Waals surface area (Å²) < 4.78 is 46.7. The number of hydrogen-bond acceptors (Lipinski definition) is 5. The molecule has 0 saturated carbocycles. The molecule has 4 rings (SSSR count). The minimum absolute atomic E-state index is 0.0213. The Balaban J connectivity index is 1.55. The van der Waals surface area contributed by atoms with Crippen LogP contribution in [0.2, 0.25) is 0 Å². The highest BCUT2D eigenvalue weighted by Crippen LogP contribution is 2.42. The lowest BCUT2D eigenvalue weighted by atomic mass is 9.73. The highest BCUT2D eigenvalue weighted by molar-refractivity contribution is 6.23. The third-order valence-corrected chi connectivity index (χ3v) is 7.34. The van der Waals surface area contributed by atoms with E-state index in [1.165, 1.54) is 22.8 Å². The lowest BCUT2D eigenvalue weighted by molar-refractivity contribution is -0.0944.